The van der Waals surface area contributed by atoms with Crippen molar-refractivity contribution in [1.82, 2.24) is 24.6 Å². The van der Waals surface area contributed by atoms with Crippen LogP contribution in [0.5, 0.6) is 0 Å². The zero-order valence-electron chi connectivity index (χ0n) is 17.7. The van der Waals surface area contributed by atoms with Crippen molar-refractivity contribution in [3.63, 3.8) is 0 Å². The Bertz CT molecular complexity index is 1020. The Balaban J connectivity index is 1.59. The predicted molar refractivity (Wildman–Crippen MR) is 114 cm³/mol. The third kappa shape index (κ3) is 3.88. The van der Waals surface area contributed by atoms with Gasteiger partial charge in [0.1, 0.15) is 5.69 Å². The Morgan fingerprint density at radius 2 is 1.97 bits per heavy atom. The number of aryl methyl sites for hydroxylation is 2. The van der Waals surface area contributed by atoms with Gasteiger partial charge in [-0.15, -0.1) is 0 Å². The third-order valence-corrected chi connectivity index (χ3v) is 5.65. The number of rotatable bonds is 4. The topological polar surface area (TPSA) is 63.9 Å². The van der Waals surface area contributed by atoms with Crippen molar-refractivity contribution in [2.75, 3.05) is 13.1 Å². The van der Waals surface area contributed by atoms with Crippen LogP contribution in [-0.2, 0) is 6.54 Å². The van der Waals surface area contributed by atoms with E-state index in [0.717, 1.165) is 49.5 Å². The van der Waals surface area contributed by atoms with Crippen LogP contribution in [0.3, 0.4) is 0 Å². The first kappa shape index (κ1) is 19.6. The van der Waals surface area contributed by atoms with E-state index in [2.05, 4.69) is 36.5 Å². The van der Waals surface area contributed by atoms with Gasteiger partial charge in [0.15, 0.2) is 5.65 Å². The summed E-state index contributed by atoms with van der Waals surface area (Å²) in [5.41, 5.74) is 4.94. The van der Waals surface area contributed by atoms with Crippen LogP contribution in [0.4, 0.5) is 0 Å². The summed E-state index contributed by atoms with van der Waals surface area (Å²) >= 11 is 0. The number of likely N-dealkylation sites (tertiary alicyclic amines) is 1. The number of hydrogen-bond acceptors (Lipinski definition) is 4. The highest BCUT2D eigenvalue weighted by atomic mass is 16.2. The molecule has 1 fully saturated rings. The van der Waals surface area contributed by atoms with Crippen molar-refractivity contribution in [3.8, 4) is 0 Å². The lowest BCUT2D eigenvalue weighted by atomic mass is 9.91. The van der Waals surface area contributed by atoms with Crippen LogP contribution >= 0.6 is 0 Å². The lowest BCUT2D eigenvalue weighted by molar-refractivity contribution is 0.0706. The average Bonchev–Trinajstić information content (AvgIpc) is 3.06. The Morgan fingerprint density at radius 3 is 2.62 bits per heavy atom. The summed E-state index contributed by atoms with van der Waals surface area (Å²) in [7, 11) is 0. The second kappa shape index (κ2) is 7.93. The molecule has 0 spiro atoms. The number of aromatic nitrogens is 4. The van der Waals surface area contributed by atoms with E-state index >= 15 is 0 Å². The van der Waals surface area contributed by atoms with Gasteiger partial charge in [-0.3, -0.25) is 9.78 Å². The van der Waals surface area contributed by atoms with Gasteiger partial charge in [0.2, 0.25) is 0 Å². The van der Waals surface area contributed by atoms with Crippen molar-refractivity contribution < 1.29 is 4.79 Å². The van der Waals surface area contributed by atoms with E-state index in [-0.39, 0.29) is 5.91 Å². The molecule has 4 heterocycles. The van der Waals surface area contributed by atoms with Gasteiger partial charge in [0.25, 0.3) is 5.91 Å². The molecule has 0 N–H and O–H groups in total. The van der Waals surface area contributed by atoms with Gasteiger partial charge < -0.3 is 4.90 Å². The fourth-order valence-electron chi connectivity index (χ4n) is 4.31. The van der Waals surface area contributed by atoms with E-state index in [1.807, 2.05) is 24.0 Å². The molecule has 0 saturated carbocycles. The lowest BCUT2D eigenvalue weighted by Crippen LogP contribution is -2.38. The number of carbonyl (C=O) groups excluding carboxylic acids is 1. The molecule has 1 aliphatic rings. The zero-order chi connectivity index (χ0) is 20.5. The SMILES string of the molecule is Cc1cc(C)c2c(C3CCN(C(=O)c4ccccn4)CC3)nn(CC(C)C)c2n1. The first-order valence-corrected chi connectivity index (χ1v) is 10.5. The number of nitrogens with zero attached hydrogens (tertiary/aromatic N) is 5. The highest BCUT2D eigenvalue weighted by molar-refractivity contribution is 5.92. The van der Waals surface area contributed by atoms with E-state index in [9.17, 15) is 4.79 Å². The van der Waals surface area contributed by atoms with Crippen LogP contribution in [0.1, 0.15) is 60.0 Å². The molecule has 3 aromatic heterocycles. The molecule has 6 nitrogen and oxygen atoms in total. The molecule has 29 heavy (non-hydrogen) atoms. The number of pyridine rings is 2. The number of piperidine rings is 1. The molecule has 3 aromatic rings. The van der Waals surface area contributed by atoms with Crippen LogP contribution in [0.2, 0.25) is 0 Å². The Morgan fingerprint density at radius 1 is 1.21 bits per heavy atom. The molecule has 0 unspecified atom stereocenters. The Kier molecular flexibility index (Phi) is 5.35. The summed E-state index contributed by atoms with van der Waals surface area (Å²) in [5.74, 6) is 0.876. The van der Waals surface area contributed by atoms with Gasteiger partial charge in [-0.05, 0) is 56.4 Å². The summed E-state index contributed by atoms with van der Waals surface area (Å²) in [6.45, 7) is 10.9. The summed E-state index contributed by atoms with van der Waals surface area (Å²) in [5, 5.41) is 6.22. The molecule has 1 saturated heterocycles. The minimum absolute atomic E-state index is 0.0210. The van der Waals surface area contributed by atoms with Crippen molar-refractivity contribution in [1.29, 1.82) is 0 Å². The molecule has 1 aliphatic heterocycles. The molecule has 0 aromatic carbocycles. The number of fused-ring (bicyclic) bond motifs is 1. The first-order valence-electron chi connectivity index (χ1n) is 10.5. The molecule has 152 valence electrons. The second-order valence-corrected chi connectivity index (χ2v) is 8.52. The maximum absolute atomic E-state index is 12.7. The van der Waals surface area contributed by atoms with Gasteiger partial charge in [-0.25, -0.2) is 9.67 Å². The van der Waals surface area contributed by atoms with Crippen LogP contribution < -0.4 is 0 Å². The summed E-state index contributed by atoms with van der Waals surface area (Å²) < 4.78 is 2.08. The molecule has 0 radical (unpaired) electrons. The second-order valence-electron chi connectivity index (χ2n) is 8.52. The molecule has 1 amide bonds. The minimum Gasteiger partial charge on any atom is -0.337 e. The highest BCUT2D eigenvalue weighted by Gasteiger charge is 2.29. The zero-order valence-corrected chi connectivity index (χ0v) is 17.7. The van der Waals surface area contributed by atoms with Gasteiger partial charge in [0, 0.05) is 42.8 Å². The monoisotopic (exact) mass is 391 g/mol. The fraction of sp³-hybridized carbons (Fsp3) is 0.478. The number of amides is 1. The van der Waals surface area contributed by atoms with Gasteiger partial charge >= 0.3 is 0 Å². The molecule has 6 heteroatoms. The Hall–Kier alpha value is -2.76. The van der Waals surface area contributed by atoms with Crippen LogP contribution in [-0.4, -0.2) is 43.6 Å². The first-order chi connectivity index (χ1) is 13.9. The normalized spacial score (nSPS) is 15.4. The largest absolute Gasteiger partial charge is 0.337 e. The van der Waals surface area contributed by atoms with E-state index in [0.29, 0.717) is 17.5 Å². The predicted octanol–water partition coefficient (Wildman–Crippen LogP) is 4.12. The molecule has 0 atom stereocenters. The summed E-state index contributed by atoms with van der Waals surface area (Å²) in [6, 6.07) is 7.62. The average molecular weight is 392 g/mol. The van der Waals surface area contributed by atoms with E-state index in [1.165, 1.54) is 10.9 Å². The minimum atomic E-state index is 0.0210. The van der Waals surface area contributed by atoms with Crippen LogP contribution in [0.15, 0.2) is 30.5 Å². The number of hydrogen-bond donors (Lipinski definition) is 0. The quantitative estimate of drug-likeness (QED) is 0.671. The number of carbonyl (C=O) groups is 1. The third-order valence-electron chi connectivity index (χ3n) is 5.65. The summed E-state index contributed by atoms with van der Waals surface area (Å²) in [4.78, 5) is 23.6. The van der Waals surface area contributed by atoms with Crippen molar-refractivity contribution >= 4 is 16.9 Å². The Labute approximate surface area is 172 Å². The smallest absolute Gasteiger partial charge is 0.272 e. The molecular formula is C23H29N5O. The maximum atomic E-state index is 12.7. The van der Waals surface area contributed by atoms with Gasteiger partial charge in [-0.1, -0.05) is 19.9 Å². The van der Waals surface area contributed by atoms with Crippen molar-refractivity contribution in [2.24, 2.45) is 5.92 Å². The fourth-order valence-corrected chi connectivity index (χ4v) is 4.31. The van der Waals surface area contributed by atoms with Crippen molar-refractivity contribution in [2.45, 2.75) is 53.0 Å². The van der Waals surface area contributed by atoms with Crippen molar-refractivity contribution in [3.05, 3.63) is 53.1 Å². The van der Waals surface area contributed by atoms with Crippen LogP contribution in [0.25, 0.3) is 11.0 Å². The molecular weight excluding hydrogens is 362 g/mol. The molecule has 0 aliphatic carbocycles. The van der Waals surface area contributed by atoms with E-state index < -0.39 is 0 Å². The van der Waals surface area contributed by atoms with Gasteiger partial charge in [-0.2, -0.15) is 5.10 Å². The van der Waals surface area contributed by atoms with E-state index in [1.54, 1.807) is 12.3 Å². The molecule has 0 bridgehead atoms. The molecule has 4 rings (SSSR count). The van der Waals surface area contributed by atoms with E-state index in [4.69, 9.17) is 10.1 Å². The lowest BCUT2D eigenvalue weighted by Gasteiger charge is -2.31. The highest BCUT2D eigenvalue weighted by Crippen LogP contribution is 2.34. The summed E-state index contributed by atoms with van der Waals surface area (Å²) in [6.07, 6.45) is 3.50. The van der Waals surface area contributed by atoms with Gasteiger partial charge in [0.05, 0.1) is 5.69 Å². The van der Waals surface area contributed by atoms with Crippen LogP contribution in [0, 0.1) is 19.8 Å². The standard InChI is InChI=1S/C23H29N5O/c1-15(2)14-28-22-20(16(3)13-17(4)25-22)21(26-28)18-8-11-27(12-9-18)23(29)19-7-5-6-10-24-19/h5-7,10,13,15,18H,8-9,11-12,14H2,1-4H3. The maximum Gasteiger partial charge on any atom is 0.272 e.